The van der Waals surface area contributed by atoms with Gasteiger partial charge in [-0.05, 0) is 25.1 Å². The molecule has 4 heteroatoms. The van der Waals surface area contributed by atoms with Gasteiger partial charge in [0, 0.05) is 10.5 Å². The number of carboxylic acid groups (broad SMARTS) is 1. The molecule has 0 spiro atoms. The van der Waals surface area contributed by atoms with Crippen molar-refractivity contribution < 1.29 is 9.90 Å². The first-order chi connectivity index (χ1) is 7.56. The van der Waals surface area contributed by atoms with Gasteiger partial charge in [-0.25, -0.2) is 0 Å². The van der Waals surface area contributed by atoms with E-state index < -0.39 is 5.97 Å². The van der Waals surface area contributed by atoms with Gasteiger partial charge >= 0.3 is 5.97 Å². The lowest BCUT2D eigenvalue weighted by atomic mass is 10.1. The Labute approximate surface area is 104 Å². The molecule has 0 aromatic heterocycles. The van der Waals surface area contributed by atoms with Crippen LogP contribution in [-0.2, 0) is 4.79 Å². The predicted octanol–water partition coefficient (Wildman–Crippen LogP) is 2.92. The highest BCUT2D eigenvalue weighted by atomic mass is 79.9. The molecule has 1 N–H and O–H groups in total. The molecule has 0 saturated heterocycles. The van der Waals surface area contributed by atoms with Crippen molar-refractivity contribution in [3.63, 3.8) is 0 Å². The molecule has 16 heavy (non-hydrogen) atoms. The van der Waals surface area contributed by atoms with Gasteiger partial charge in [-0.15, -0.1) is 0 Å². The lowest BCUT2D eigenvalue weighted by Crippen LogP contribution is -2.32. The van der Waals surface area contributed by atoms with Gasteiger partial charge in [0.15, 0.2) is 0 Å². The second-order valence-electron chi connectivity index (χ2n) is 3.65. The largest absolute Gasteiger partial charge is 0.480 e. The van der Waals surface area contributed by atoms with Gasteiger partial charge in [0.2, 0.25) is 0 Å². The molecule has 0 amide bonds. The molecule has 0 heterocycles. The van der Waals surface area contributed by atoms with Crippen LogP contribution in [0.1, 0.15) is 25.5 Å². The molecule has 0 saturated carbocycles. The number of aliphatic carboxylic acids is 1. The van der Waals surface area contributed by atoms with Crippen LogP contribution >= 0.6 is 15.9 Å². The topological polar surface area (TPSA) is 40.5 Å². The Balaban J connectivity index is 2.86. The number of benzene rings is 1. The molecule has 88 valence electrons. The van der Waals surface area contributed by atoms with Crippen molar-refractivity contribution >= 4 is 21.9 Å². The number of likely N-dealkylation sites (N-methyl/N-ethyl adjacent to an activating group) is 1. The SMILES string of the molecule is CCN(CC(=O)O)C(C)c1ccccc1Br. The van der Waals surface area contributed by atoms with Crippen molar-refractivity contribution in [3.8, 4) is 0 Å². The Kier molecular flexibility index (Phi) is 4.96. The average molecular weight is 286 g/mol. The number of hydrogen-bond acceptors (Lipinski definition) is 2. The zero-order chi connectivity index (χ0) is 12.1. The third-order valence-electron chi connectivity index (χ3n) is 2.65. The summed E-state index contributed by atoms with van der Waals surface area (Å²) in [5, 5.41) is 8.83. The van der Waals surface area contributed by atoms with Crippen LogP contribution < -0.4 is 0 Å². The van der Waals surface area contributed by atoms with Gasteiger partial charge in [-0.2, -0.15) is 0 Å². The fraction of sp³-hybridized carbons (Fsp3) is 0.417. The van der Waals surface area contributed by atoms with E-state index in [-0.39, 0.29) is 12.6 Å². The van der Waals surface area contributed by atoms with Gasteiger partial charge < -0.3 is 5.11 Å². The molecule has 0 aliphatic heterocycles. The lowest BCUT2D eigenvalue weighted by Gasteiger charge is -2.27. The van der Waals surface area contributed by atoms with Crippen LogP contribution in [0.15, 0.2) is 28.7 Å². The molecule has 0 bridgehead atoms. The summed E-state index contributed by atoms with van der Waals surface area (Å²) in [6, 6.07) is 8.00. The predicted molar refractivity (Wildman–Crippen MR) is 67.4 cm³/mol. The Morgan fingerprint density at radius 2 is 2.12 bits per heavy atom. The van der Waals surface area contributed by atoms with E-state index in [0.717, 1.165) is 16.6 Å². The molecule has 1 atom stereocenters. The molecule has 1 rings (SSSR count). The Hall–Kier alpha value is -0.870. The third kappa shape index (κ3) is 3.32. The summed E-state index contributed by atoms with van der Waals surface area (Å²) < 4.78 is 1.02. The van der Waals surface area contributed by atoms with Gasteiger partial charge in [0.05, 0.1) is 6.54 Å². The van der Waals surface area contributed by atoms with E-state index in [4.69, 9.17) is 5.11 Å². The molecule has 1 unspecified atom stereocenters. The molecular formula is C12H16BrNO2. The van der Waals surface area contributed by atoms with Crippen LogP contribution in [0, 0.1) is 0 Å². The van der Waals surface area contributed by atoms with Gasteiger partial charge in [0.1, 0.15) is 0 Å². The first kappa shape index (κ1) is 13.2. The minimum atomic E-state index is -0.791. The van der Waals surface area contributed by atoms with E-state index in [2.05, 4.69) is 15.9 Å². The van der Waals surface area contributed by atoms with Gasteiger partial charge in [0.25, 0.3) is 0 Å². The number of hydrogen-bond donors (Lipinski definition) is 1. The van der Waals surface area contributed by atoms with E-state index in [1.54, 1.807) is 0 Å². The smallest absolute Gasteiger partial charge is 0.317 e. The number of rotatable bonds is 5. The summed E-state index contributed by atoms with van der Waals surface area (Å²) in [4.78, 5) is 12.7. The Bertz CT molecular complexity index is 368. The van der Waals surface area contributed by atoms with E-state index in [9.17, 15) is 4.79 Å². The molecular weight excluding hydrogens is 270 g/mol. The molecule has 0 aliphatic rings. The maximum atomic E-state index is 10.7. The van der Waals surface area contributed by atoms with E-state index in [1.165, 1.54) is 0 Å². The zero-order valence-electron chi connectivity index (χ0n) is 9.48. The summed E-state index contributed by atoms with van der Waals surface area (Å²) in [5.74, 6) is -0.791. The molecule has 1 aromatic carbocycles. The third-order valence-corrected chi connectivity index (χ3v) is 3.37. The standard InChI is InChI=1S/C12H16BrNO2/c1-3-14(8-12(15)16)9(2)10-6-4-5-7-11(10)13/h4-7,9H,3,8H2,1-2H3,(H,15,16). The quantitative estimate of drug-likeness (QED) is 0.904. The number of halogens is 1. The van der Waals surface area contributed by atoms with E-state index in [0.29, 0.717) is 0 Å². The second-order valence-corrected chi connectivity index (χ2v) is 4.51. The van der Waals surface area contributed by atoms with Crippen molar-refractivity contribution in [3.05, 3.63) is 34.3 Å². The van der Waals surface area contributed by atoms with Crippen LogP contribution in [0.25, 0.3) is 0 Å². The number of nitrogens with zero attached hydrogens (tertiary/aromatic N) is 1. The van der Waals surface area contributed by atoms with Crippen LogP contribution in [0.4, 0.5) is 0 Å². The summed E-state index contributed by atoms with van der Waals surface area (Å²) in [7, 11) is 0. The molecule has 0 radical (unpaired) electrons. The maximum Gasteiger partial charge on any atom is 0.317 e. The van der Waals surface area contributed by atoms with Crippen LogP contribution in [0.2, 0.25) is 0 Å². The van der Waals surface area contributed by atoms with Crippen LogP contribution in [0.5, 0.6) is 0 Å². The van der Waals surface area contributed by atoms with Crippen LogP contribution in [0.3, 0.4) is 0 Å². The first-order valence-electron chi connectivity index (χ1n) is 5.26. The highest BCUT2D eigenvalue weighted by Crippen LogP contribution is 2.26. The minimum Gasteiger partial charge on any atom is -0.480 e. The normalized spacial score (nSPS) is 12.8. The fourth-order valence-electron chi connectivity index (χ4n) is 1.71. The monoisotopic (exact) mass is 285 g/mol. The zero-order valence-corrected chi connectivity index (χ0v) is 11.1. The van der Waals surface area contributed by atoms with Crippen molar-refractivity contribution in [1.82, 2.24) is 4.90 Å². The Morgan fingerprint density at radius 3 is 2.62 bits per heavy atom. The molecule has 0 fully saturated rings. The van der Waals surface area contributed by atoms with E-state index in [1.807, 2.05) is 43.0 Å². The minimum absolute atomic E-state index is 0.0685. The molecule has 0 aliphatic carbocycles. The van der Waals surface area contributed by atoms with Crippen molar-refractivity contribution in [2.75, 3.05) is 13.1 Å². The van der Waals surface area contributed by atoms with Crippen molar-refractivity contribution in [1.29, 1.82) is 0 Å². The van der Waals surface area contributed by atoms with Crippen molar-refractivity contribution in [2.24, 2.45) is 0 Å². The molecule has 3 nitrogen and oxygen atoms in total. The maximum absolute atomic E-state index is 10.7. The highest BCUT2D eigenvalue weighted by molar-refractivity contribution is 9.10. The summed E-state index contributed by atoms with van der Waals surface area (Å²) >= 11 is 3.49. The van der Waals surface area contributed by atoms with Gasteiger partial charge in [-0.1, -0.05) is 41.1 Å². The first-order valence-corrected chi connectivity index (χ1v) is 6.05. The van der Waals surface area contributed by atoms with Crippen molar-refractivity contribution in [2.45, 2.75) is 19.9 Å². The number of carbonyl (C=O) groups is 1. The highest BCUT2D eigenvalue weighted by Gasteiger charge is 2.18. The summed E-state index contributed by atoms with van der Waals surface area (Å²) in [6.45, 7) is 4.77. The molecule has 1 aromatic rings. The summed E-state index contributed by atoms with van der Waals surface area (Å²) in [5.41, 5.74) is 1.12. The fourth-order valence-corrected chi connectivity index (χ4v) is 2.32. The average Bonchev–Trinajstić information content (AvgIpc) is 2.25. The van der Waals surface area contributed by atoms with Gasteiger partial charge in [-0.3, -0.25) is 9.69 Å². The van der Waals surface area contributed by atoms with E-state index >= 15 is 0 Å². The van der Waals surface area contributed by atoms with Crippen LogP contribution in [-0.4, -0.2) is 29.1 Å². The summed E-state index contributed by atoms with van der Waals surface area (Å²) in [6.07, 6.45) is 0. The second kappa shape index (κ2) is 6.01. The Morgan fingerprint density at radius 1 is 1.50 bits per heavy atom. The number of carboxylic acids is 1. The lowest BCUT2D eigenvalue weighted by molar-refractivity contribution is -0.138.